The van der Waals surface area contributed by atoms with E-state index in [9.17, 15) is 9.59 Å². The van der Waals surface area contributed by atoms with Crippen LogP contribution in [0.25, 0.3) is 0 Å². The van der Waals surface area contributed by atoms with E-state index in [4.69, 9.17) is 4.74 Å². The highest BCUT2D eigenvalue weighted by Gasteiger charge is 2.40. The number of ether oxygens (including phenoxy) is 1. The number of benzene rings is 3. The number of fused-ring (bicyclic) bond motifs is 1. The van der Waals surface area contributed by atoms with Gasteiger partial charge >= 0.3 is 0 Å². The van der Waals surface area contributed by atoms with Crippen LogP contribution in [-0.2, 0) is 11.2 Å². The smallest absolute Gasteiger partial charge is 0.255 e. The fraction of sp³-hybridized carbons (Fsp3) is 0.259. The molecule has 0 saturated heterocycles. The monoisotopic (exact) mass is 428 g/mol. The van der Waals surface area contributed by atoms with Gasteiger partial charge in [0.1, 0.15) is 17.5 Å². The zero-order chi connectivity index (χ0) is 22.3. The first kappa shape index (κ1) is 21.6. The molecule has 1 unspecified atom stereocenters. The molecule has 1 aliphatic rings. The molecule has 32 heavy (non-hydrogen) atoms. The molecular weight excluding hydrogens is 400 g/mol. The summed E-state index contributed by atoms with van der Waals surface area (Å²) < 4.78 is 5.85. The Balaban J connectivity index is 1.44. The third-order valence-corrected chi connectivity index (χ3v) is 5.68. The van der Waals surface area contributed by atoms with Crippen LogP contribution in [0.5, 0.6) is 11.5 Å². The van der Waals surface area contributed by atoms with E-state index >= 15 is 0 Å². The topological polar surface area (TPSA) is 58.6 Å². The van der Waals surface area contributed by atoms with Crippen LogP contribution in [0.2, 0.25) is 0 Å². The summed E-state index contributed by atoms with van der Waals surface area (Å²) in [6.45, 7) is 3.18. The van der Waals surface area contributed by atoms with E-state index in [1.807, 2.05) is 72.8 Å². The molecule has 3 aromatic rings. The van der Waals surface area contributed by atoms with E-state index < -0.39 is 6.04 Å². The Morgan fingerprint density at radius 2 is 1.62 bits per heavy atom. The number of carbonyl (C=O) groups excluding carboxylic acids is 2. The van der Waals surface area contributed by atoms with Crippen molar-refractivity contribution in [2.75, 3.05) is 13.1 Å². The first-order valence-electron chi connectivity index (χ1n) is 11.2. The van der Waals surface area contributed by atoms with Crippen molar-refractivity contribution < 1.29 is 14.3 Å². The second-order valence-corrected chi connectivity index (χ2v) is 7.94. The fourth-order valence-electron chi connectivity index (χ4n) is 3.97. The van der Waals surface area contributed by atoms with Gasteiger partial charge in [-0.2, -0.15) is 0 Å². The van der Waals surface area contributed by atoms with Crippen LogP contribution in [0, 0.1) is 0 Å². The van der Waals surface area contributed by atoms with Crippen LogP contribution >= 0.6 is 0 Å². The molecule has 5 nitrogen and oxygen atoms in total. The molecule has 0 bridgehead atoms. The highest BCUT2D eigenvalue weighted by Crippen LogP contribution is 2.34. The van der Waals surface area contributed by atoms with Crippen LogP contribution in [0.4, 0.5) is 0 Å². The maximum Gasteiger partial charge on any atom is 0.255 e. The summed E-state index contributed by atoms with van der Waals surface area (Å²) >= 11 is 0. The molecule has 5 heteroatoms. The lowest BCUT2D eigenvalue weighted by atomic mass is 10.0. The van der Waals surface area contributed by atoms with Crippen LogP contribution in [0.1, 0.15) is 47.3 Å². The second-order valence-electron chi connectivity index (χ2n) is 7.94. The van der Waals surface area contributed by atoms with Gasteiger partial charge in [-0.15, -0.1) is 0 Å². The predicted octanol–water partition coefficient (Wildman–Crippen LogP) is 5.13. The Morgan fingerprint density at radius 3 is 2.38 bits per heavy atom. The molecule has 3 aromatic carbocycles. The van der Waals surface area contributed by atoms with Gasteiger partial charge in [-0.3, -0.25) is 9.59 Å². The van der Waals surface area contributed by atoms with E-state index in [2.05, 4.69) is 12.2 Å². The van der Waals surface area contributed by atoms with E-state index in [0.29, 0.717) is 25.1 Å². The van der Waals surface area contributed by atoms with Crippen molar-refractivity contribution >= 4 is 11.8 Å². The highest BCUT2D eigenvalue weighted by atomic mass is 16.5. The lowest BCUT2D eigenvalue weighted by Crippen LogP contribution is -2.40. The molecule has 1 aliphatic heterocycles. The van der Waals surface area contributed by atoms with Crippen LogP contribution in [0.15, 0.2) is 78.9 Å². The zero-order valence-corrected chi connectivity index (χ0v) is 18.3. The van der Waals surface area contributed by atoms with Gasteiger partial charge in [0.2, 0.25) is 5.91 Å². The number of nitrogens with one attached hydrogen (secondary N) is 1. The van der Waals surface area contributed by atoms with Gasteiger partial charge in [-0.05, 0) is 54.3 Å². The fourth-order valence-corrected chi connectivity index (χ4v) is 3.97. The Morgan fingerprint density at radius 1 is 0.938 bits per heavy atom. The van der Waals surface area contributed by atoms with Crippen molar-refractivity contribution in [3.63, 3.8) is 0 Å². The summed E-state index contributed by atoms with van der Waals surface area (Å²) in [4.78, 5) is 27.7. The Kier molecular flexibility index (Phi) is 6.85. The maximum absolute atomic E-state index is 13.0. The SMILES string of the molecule is CCCCNC(=O)C1c2ccccc2C(=O)N1CCc1ccc(Oc2ccccc2)cc1. The summed E-state index contributed by atoms with van der Waals surface area (Å²) in [6.07, 6.45) is 2.59. The highest BCUT2D eigenvalue weighted by molar-refractivity contribution is 6.04. The number of nitrogens with zero attached hydrogens (tertiary/aromatic N) is 1. The average Bonchev–Trinajstić information content (AvgIpc) is 3.11. The van der Waals surface area contributed by atoms with Gasteiger partial charge in [0, 0.05) is 18.7 Å². The standard InChI is InChI=1S/C27H28N2O3/c1-2-3-18-28-26(30)25-23-11-7-8-12-24(23)27(31)29(25)19-17-20-13-15-22(16-14-20)32-21-9-5-4-6-10-21/h4-16,25H,2-3,17-19H2,1H3,(H,28,30). The number of amides is 2. The number of hydrogen-bond acceptors (Lipinski definition) is 3. The minimum Gasteiger partial charge on any atom is -0.457 e. The third-order valence-electron chi connectivity index (χ3n) is 5.68. The van der Waals surface area contributed by atoms with Crippen molar-refractivity contribution in [2.24, 2.45) is 0 Å². The average molecular weight is 429 g/mol. The van der Waals surface area contributed by atoms with Crippen molar-refractivity contribution in [3.05, 3.63) is 95.6 Å². The predicted molar refractivity (Wildman–Crippen MR) is 125 cm³/mol. The van der Waals surface area contributed by atoms with Gasteiger partial charge in [0.25, 0.3) is 5.91 Å². The maximum atomic E-state index is 13.0. The molecule has 0 spiro atoms. The van der Waals surface area contributed by atoms with E-state index in [-0.39, 0.29) is 11.8 Å². The Hall–Kier alpha value is -3.60. The first-order valence-corrected chi connectivity index (χ1v) is 11.2. The number of rotatable bonds is 9. The normalized spacial score (nSPS) is 14.8. The van der Waals surface area contributed by atoms with Gasteiger partial charge in [0.15, 0.2) is 0 Å². The molecular formula is C27H28N2O3. The molecule has 4 rings (SSSR count). The summed E-state index contributed by atoms with van der Waals surface area (Å²) in [5, 5.41) is 3.00. The molecule has 1 heterocycles. The number of carbonyl (C=O) groups is 2. The first-order chi connectivity index (χ1) is 15.7. The molecule has 2 amide bonds. The van der Waals surface area contributed by atoms with E-state index in [1.165, 1.54) is 0 Å². The minimum atomic E-state index is -0.573. The van der Waals surface area contributed by atoms with E-state index in [1.54, 1.807) is 11.0 Å². The summed E-state index contributed by atoms with van der Waals surface area (Å²) in [6, 6.07) is 24.3. The van der Waals surface area contributed by atoms with E-state index in [0.717, 1.165) is 35.5 Å². The Labute approximate surface area is 189 Å². The lowest BCUT2D eigenvalue weighted by Gasteiger charge is -2.24. The summed E-state index contributed by atoms with van der Waals surface area (Å²) in [5.41, 5.74) is 2.49. The summed E-state index contributed by atoms with van der Waals surface area (Å²) in [5.74, 6) is 1.36. The zero-order valence-electron chi connectivity index (χ0n) is 18.3. The molecule has 0 radical (unpaired) electrons. The van der Waals surface area contributed by atoms with Crippen LogP contribution in [-0.4, -0.2) is 29.8 Å². The minimum absolute atomic E-state index is 0.0831. The second kappa shape index (κ2) is 10.1. The van der Waals surface area contributed by atoms with Gasteiger partial charge < -0.3 is 15.0 Å². The molecule has 1 N–H and O–H groups in total. The van der Waals surface area contributed by atoms with Crippen molar-refractivity contribution in [3.8, 4) is 11.5 Å². The molecule has 0 saturated carbocycles. The van der Waals surface area contributed by atoms with Gasteiger partial charge in [-0.25, -0.2) is 0 Å². The van der Waals surface area contributed by atoms with Crippen LogP contribution < -0.4 is 10.1 Å². The van der Waals surface area contributed by atoms with Gasteiger partial charge in [0.05, 0.1) is 0 Å². The van der Waals surface area contributed by atoms with Crippen molar-refractivity contribution in [2.45, 2.75) is 32.2 Å². The quantitative estimate of drug-likeness (QED) is 0.481. The van der Waals surface area contributed by atoms with Crippen molar-refractivity contribution in [1.29, 1.82) is 0 Å². The van der Waals surface area contributed by atoms with Gasteiger partial charge in [-0.1, -0.05) is 61.9 Å². The molecule has 0 fully saturated rings. The third kappa shape index (κ3) is 4.83. The lowest BCUT2D eigenvalue weighted by molar-refractivity contribution is -0.125. The van der Waals surface area contributed by atoms with Crippen molar-refractivity contribution in [1.82, 2.24) is 10.2 Å². The molecule has 0 aliphatic carbocycles. The molecule has 0 aromatic heterocycles. The van der Waals surface area contributed by atoms with Crippen LogP contribution in [0.3, 0.4) is 0 Å². The number of para-hydroxylation sites is 1. The largest absolute Gasteiger partial charge is 0.457 e. The summed E-state index contributed by atoms with van der Waals surface area (Å²) in [7, 11) is 0. The Bertz CT molecular complexity index is 1060. The number of hydrogen-bond donors (Lipinski definition) is 1. The molecule has 1 atom stereocenters. The molecule has 164 valence electrons. The number of unbranched alkanes of at least 4 members (excludes halogenated alkanes) is 1.